The van der Waals surface area contributed by atoms with Crippen molar-refractivity contribution >= 4 is 0 Å². The van der Waals surface area contributed by atoms with E-state index in [4.69, 9.17) is 4.42 Å². The minimum atomic E-state index is 0.122. The Hall–Kier alpha value is -0.800. The maximum atomic E-state index is 5.87. The van der Waals surface area contributed by atoms with Gasteiger partial charge >= 0.3 is 0 Å². The third-order valence-electron chi connectivity index (χ3n) is 3.53. The van der Waals surface area contributed by atoms with Crippen molar-refractivity contribution in [3.63, 3.8) is 0 Å². The highest BCUT2D eigenvalue weighted by atomic mass is 16.3. The van der Waals surface area contributed by atoms with Gasteiger partial charge in [-0.05, 0) is 53.3 Å². The molecule has 0 aliphatic carbocycles. The van der Waals surface area contributed by atoms with Crippen molar-refractivity contribution in [1.29, 1.82) is 0 Å². The third-order valence-corrected chi connectivity index (χ3v) is 3.53. The second kappa shape index (κ2) is 7.84. The summed E-state index contributed by atoms with van der Waals surface area (Å²) in [6.45, 7) is 17.1. The van der Waals surface area contributed by atoms with Crippen LogP contribution in [0.2, 0.25) is 0 Å². The van der Waals surface area contributed by atoms with Crippen LogP contribution in [0, 0.1) is 6.92 Å². The molecule has 0 aliphatic rings. The fraction of sp³-hybridized carbons (Fsp3) is 0.765. The van der Waals surface area contributed by atoms with E-state index in [0.717, 1.165) is 31.2 Å². The molecule has 0 aromatic carbocycles. The Balaban J connectivity index is 2.60. The topological polar surface area (TPSA) is 28.4 Å². The van der Waals surface area contributed by atoms with Crippen LogP contribution in [0.5, 0.6) is 0 Å². The van der Waals surface area contributed by atoms with Gasteiger partial charge < -0.3 is 9.73 Å². The van der Waals surface area contributed by atoms with Crippen LogP contribution in [0.1, 0.15) is 64.5 Å². The Labute approximate surface area is 124 Å². The summed E-state index contributed by atoms with van der Waals surface area (Å²) in [7, 11) is 0. The molecule has 1 N–H and O–H groups in total. The highest BCUT2D eigenvalue weighted by Crippen LogP contribution is 2.17. The lowest BCUT2D eigenvalue weighted by Gasteiger charge is -2.19. The van der Waals surface area contributed by atoms with Crippen LogP contribution in [0.4, 0.5) is 0 Å². The van der Waals surface area contributed by atoms with E-state index < -0.39 is 0 Å². The van der Waals surface area contributed by atoms with Crippen molar-refractivity contribution in [3.05, 3.63) is 23.2 Å². The number of furan rings is 1. The van der Waals surface area contributed by atoms with Crippen LogP contribution in [0.25, 0.3) is 0 Å². The van der Waals surface area contributed by atoms with Crippen LogP contribution in [0.15, 0.2) is 10.5 Å². The van der Waals surface area contributed by atoms with E-state index >= 15 is 0 Å². The number of hydrogen-bond donors (Lipinski definition) is 1. The van der Waals surface area contributed by atoms with E-state index in [1.807, 2.05) is 0 Å². The number of rotatable bonds is 8. The fourth-order valence-electron chi connectivity index (χ4n) is 2.16. The van der Waals surface area contributed by atoms with Gasteiger partial charge in [0.2, 0.25) is 0 Å². The molecule has 0 aliphatic heterocycles. The molecule has 1 heterocycles. The molecule has 3 nitrogen and oxygen atoms in total. The molecule has 1 aromatic rings. The van der Waals surface area contributed by atoms with Gasteiger partial charge in [-0.1, -0.05) is 20.3 Å². The minimum Gasteiger partial charge on any atom is -0.465 e. The van der Waals surface area contributed by atoms with Crippen molar-refractivity contribution in [2.24, 2.45) is 0 Å². The number of hydrogen-bond acceptors (Lipinski definition) is 3. The summed E-state index contributed by atoms with van der Waals surface area (Å²) in [5, 5.41) is 3.47. The van der Waals surface area contributed by atoms with E-state index in [2.05, 4.69) is 57.8 Å². The van der Waals surface area contributed by atoms with Gasteiger partial charge in [0.1, 0.15) is 11.5 Å². The van der Waals surface area contributed by atoms with Crippen LogP contribution in [-0.4, -0.2) is 23.5 Å². The Bertz CT molecular complexity index is 390. The van der Waals surface area contributed by atoms with Gasteiger partial charge in [-0.25, -0.2) is 0 Å². The number of unbranched alkanes of at least 4 members (excludes halogenated alkanes) is 1. The van der Waals surface area contributed by atoms with Crippen LogP contribution in [-0.2, 0) is 13.1 Å². The molecule has 0 bridgehead atoms. The zero-order chi connectivity index (χ0) is 15.2. The Morgan fingerprint density at radius 1 is 1.25 bits per heavy atom. The molecule has 0 radical (unpaired) electrons. The number of nitrogens with one attached hydrogen (secondary N) is 1. The standard InChI is InChI=1S/C17H32N2O/c1-7-9-10-19(8-2)13-15-11-16(20-14(15)3)12-18-17(4,5)6/h11,18H,7-10,12-13H2,1-6H3. The van der Waals surface area contributed by atoms with Crippen LogP contribution < -0.4 is 5.32 Å². The smallest absolute Gasteiger partial charge is 0.118 e. The van der Waals surface area contributed by atoms with Gasteiger partial charge in [0.15, 0.2) is 0 Å². The molecule has 0 spiro atoms. The van der Waals surface area contributed by atoms with E-state index in [9.17, 15) is 0 Å². The molecule has 0 saturated carbocycles. The normalized spacial score (nSPS) is 12.3. The van der Waals surface area contributed by atoms with Crippen molar-refractivity contribution < 1.29 is 4.42 Å². The monoisotopic (exact) mass is 280 g/mol. The van der Waals surface area contributed by atoms with E-state index in [-0.39, 0.29) is 5.54 Å². The number of nitrogens with zero attached hydrogens (tertiary/aromatic N) is 1. The molecule has 0 atom stereocenters. The zero-order valence-corrected chi connectivity index (χ0v) is 14.2. The van der Waals surface area contributed by atoms with Gasteiger partial charge in [0.05, 0.1) is 6.54 Å². The average Bonchev–Trinajstić information content (AvgIpc) is 2.72. The second-order valence-electron chi connectivity index (χ2n) is 6.62. The predicted octanol–water partition coefficient (Wildman–Crippen LogP) is 4.10. The molecular formula is C17H32N2O. The van der Waals surface area contributed by atoms with Crippen LogP contribution in [0.3, 0.4) is 0 Å². The van der Waals surface area contributed by atoms with Crippen molar-refractivity contribution in [2.75, 3.05) is 13.1 Å². The average molecular weight is 280 g/mol. The number of aryl methyl sites for hydroxylation is 1. The molecule has 1 rings (SSSR count). The first-order valence-electron chi connectivity index (χ1n) is 7.91. The SMILES string of the molecule is CCCCN(CC)Cc1cc(CNC(C)(C)C)oc1C. The molecule has 20 heavy (non-hydrogen) atoms. The van der Waals surface area contributed by atoms with Gasteiger partial charge in [-0.3, -0.25) is 4.90 Å². The Morgan fingerprint density at radius 3 is 2.50 bits per heavy atom. The highest BCUT2D eigenvalue weighted by Gasteiger charge is 2.13. The largest absolute Gasteiger partial charge is 0.465 e. The predicted molar refractivity (Wildman–Crippen MR) is 85.9 cm³/mol. The van der Waals surface area contributed by atoms with Gasteiger partial charge in [-0.2, -0.15) is 0 Å². The maximum Gasteiger partial charge on any atom is 0.118 e. The van der Waals surface area contributed by atoms with Gasteiger partial charge in [-0.15, -0.1) is 0 Å². The lowest BCUT2D eigenvalue weighted by atomic mass is 10.1. The van der Waals surface area contributed by atoms with Gasteiger partial charge in [0, 0.05) is 17.6 Å². The molecule has 0 amide bonds. The summed E-state index contributed by atoms with van der Waals surface area (Å²) in [5.74, 6) is 2.10. The molecule has 0 fully saturated rings. The van der Waals surface area contributed by atoms with Gasteiger partial charge in [0.25, 0.3) is 0 Å². The summed E-state index contributed by atoms with van der Waals surface area (Å²) >= 11 is 0. The highest BCUT2D eigenvalue weighted by molar-refractivity contribution is 5.20. The first kappa shape index (κ1) is 17.3. The molecule has 0 unspecified atom stereocenters. The Kier molecular flexibility index (Phi) is 6.77. The minimum absolute atomic E-state index is 0.122. The van der Waals surface area contributed by atoms with E-state index in [0.29, 0.717) is 0 Å². The summed E-state index contributed by atoms with van der Waals surface area (Å²) in [6, 6.07) is 2.21. The van der Waals surface area contributed by atoms with E-state index in [1.54, 1.807) is 0 Å². The summed E-state index contributed by atoms with van der Waals surface area (Å²) in [6.07, 6.45) is 2.52. The molecule has 0 saturated heterocycles. The van der Waals surface area contributed by atoms with Crippen molar-refractivity contribution in [3.8, 4) is 0 Å². The van der Waals surface area contributed by atoms with Crippen LogP contribution >= 0.6 is 0 Å². The molecular weight excluding hydrogens is 248 g/mol. The lowest BCUT2D eigenvalue weighted by Crippen LogP contribution is -2.34. The van der Waals surface area contributed by atoms with E-state index in [1.165, 1.54) is 24.9 Å². The maximum absolute atomic E-state index is 5.87. The molecule has 3 heteroatoms. The summed E-state index contributed by atoms with van der Waals surface area (Å²) < 4.78 is 5.87. The second-order valence-corrected chi connectivity index (χ2v) is 6.62. The van der Waals surface area contributed by atoms with Crippen molar-refractivity contribution in [2.45, 2.75) is 73.0 Å². The molecule has 1 aromatic heterocycles. The first-order valence-corrected chi connectivity index (χ1v) is 7.91. The fourth-order valence-corrected chi connectivity index (χ4v) is 2.16. The molecule has 116 valence electrons. The first-order chi connectivity index (χ1) is 9.35. The zero-order valence-electron chi connectivity index (χ0n) is 14.2. The quantitative estimate of drug-likeness (QED) is 0.777. The van der Waals surface area contributed by atoms with Crippen molar-refractivity contribution in [1.82, 2.24) is 10.2 Å². The summed E-state index contributed by atoms with van der Waals surface area (Å²) in [4.78, 5) is 2.49. The Morgan fingerprint density at radius 2 is 1.95 bits per heavy atom. The third kappa shape index (κ3) is 6.10. The lowest BCUT2D eigenvalue weighted by molar-refractivity contribution is 0.273. The summed E-state index contributed by atoms with van der Waals surface area (Å²) in [5.41, 5.74) is 1.45.